The third kappa shape index (κ3) is 3.15. The lowest BCUT2D eigenvalue weighted by atomic mass is 10.4. The van der Waals surface area contributed by atoms with Gasteiger partial charge in [0, 0.05) is 25.8 Å². The van der Waals surface area contributed by atoms with Crippen LogP contribution in [-0.4, -0.2) is 49.3 Å². The van der Waals surface area contributed by atoms with E-state index in [4.69, 9.17) is 9.47 Å². The average Bonchev–Trinajstić information content (AvgIpc) is 2.33. The van der Waals surface area contributed by atoms with Crippen molar-refractivity contribution in [2.24, 2.45) is 0 Å². The monoisotopic (exact) mass is 226 g/mol. The number of morpholine rings is 1. The number of pyridine rings is 1. The van der Waals surface area contributed by atoms with E-state index in [9.17, 15) is 4.39 Å². The van der Waals surface area contributed by atoms with Crippen molar-refractivity contribution in [1.29, 1.82) is 0 Å². The lowest BCUT2D eigenvalue weighted by molar-refractivity contribution is 0.0320. The number of halogens is 1. The second kappa shape index (κ2) is 5.77. The Balaban J connectivity index is 1.73. The maximum atomic E-state index is 13.1. The normalized spacial score (nSPS) is 17.3. The summed E-state index contributed by atoms with van der Waals surface area (Å²) in [4.78, 5) is 5.75. The van der Waals surface area contributed by atoms with Crippen LogP contribution in [-0.2, 0) is 4.74 Å². The van der Waals surface area contributed by atoms with Crippen LogP contribution in [0.3, 0.4) is 0 Å². The van der Waals surface area contributed by atoms with Gasteiger partial charge in [0.1, 0.15) is 6.61 Å². The third-order valence-electron chi connectivity index (χ3n) is 2.49. The topological polar surface area (TPSA) is 34.6 Å². The van der Waals surface area contributed by atoms with E-state index in [0.29, 0.717) is 6.61 Å². The molecule has 88 valence electrons. The first-order valence-corrected chi connectivity index (χ1v) is 5.39. The van der Waals surface area contributed by atoms with Gasteiger partial charge in [-0.05, 0) is 12.1 Å². The Bertz CT molecular complexity index is 330. The van der Waals surface area contributed by atoms with Gasteiger partial charge in [0.15, 0.2) is 5.75 Å². The molecule has 0 spiro atoms. The van der Waals surface area contributed by atoms with Gasteiger partial charge in [0.2, 0.25) is 0 Å². The summed E-state index contributed by atoms with van der Waals surface area (Å²) in [5.41, 5.74) is 0. The largest absolute Gasteiger partial charge is 0.487 e. The Kier molecular flexibility index (Phi) is 4.07. The van der Waals surface area contributed by atoms with E-state index in [1.807, 2.05) is 0 Å². The van der Waals surface area contributed by atoms with E-state index in [1.54, 1.807) is 12.1 Å². The molecule has 2 rings (SSSR count). The maximum absolute atomic E-state index is 13.1. The summed E-state index contributed by atoms with van der Waals surface area (Å²) in [6, 6.07) is 3.24. The molecule has 1 aromatic heterocycles. The molecule has 0 bridgehead atoms. The van der Waals surface area contributed by atoms with Crippen molar-refractivity contribution in [2.45, 2.75) is 0 Å². The molecule has 1 aliphatic rings. The van der Waals surface area contributed by atoms with Gasteiger partial charge >= 0.3 is 0 Å². The highest BCUT2D eigenvalue weighted by Crippen LogP contribution is 2.12. The van der Waals surface area contributed by atoms with E-state index in [-0.39, 0.29) is 5.75 Å². The summed E-state index contributed by atoms with van der Waals surface area (Å²) in [7, 11) is 0. The lowest BCUT2D eigenvalue weighted by Crippen LogP contribution is -2.38. The van der Waals surface area contributed by atoms with Gasteiger partial charge in [-0.3, -0.25) is 4.90 Å². The zero-order chi connectivity index (χ0) is 11.2. The molecule has 1 saturated heterocycles. The fourth-order valence-electron chi connectivity index (χ4n) is 1.59. The Morgan fingerprint density at radius 3 is 3.00 bits per heavy atom. The molecule has 1 fully saturated rings. The molecule has 0 atom stereocenters. The van der Waals surface area contributed by atoms with Crippen LogP contribution in [0.15, 0.2) is 18.3 Å². The molecule has 0 saturated carbocycles. The van der Waals surface area contributed by atoms with Crippen LogP contribution in [0.2, 0.25) is 0 Å². The third-order valence-corrected chi connectivity index (χ3v) is 2.49. The average molecular weight is 226 g/mol. The SMILES string of the molecule is Fc1ncccc1OCCN1CCOCC1. The molecule has 16 heavy (non-hydrogen) atoms. The van der Waals surface area contributed by atoms with Crippen LogP contribution in [0.4, 0.5) is 4.39 Å². The smallest absolute Gasteiger partial charge is 0.255 e. The van der Waals surface area contributed by atoms with E-state index < -0.39 is 5.95 Å². The van der Waals surface area contributed by atoms with Crippen LogP contribution in [0, 0.1) is 5.95 Å². The highest BCUT2D eigenvalue weighted by molar-refractivity contribution is 5.17. The van der Waals surface area contributed by atoms with Crippen LogP contribution < -0.4 is 4.74 Å². The summed E-state index contributed by atoms with van der Waals surface area (Å²) in [5, 5.41) is 0. The minimum absolute atomic E-state index is 0.218. The molecule has 1 aliphatic heterocycles. The number of rotatable bonds is 4. The summed E-state index contributed by atoms with van der Waals surface area (Å²) in [5.74, 6) is -0.333. The van der Waals surface area contributed by atoms with Gasteiger partial charge < -0.3 is 9.47 Å². The molecule has 0 N–H and O–H groups in total. The van der Waals surface area contributed by atoms with Crippen molar-refractivity contribution < 1.29 is 13.9 Å². The minimum atomic E-state index is -0.551. The highest BCUT2D eigenvalue weighted by Gasteiger charge is 2.10. The number of nitrogens with zero attached hydrogens (tertiary/aromatic N) is 2. The van der Waals surface area contributed by atoms with Gasteiger partial charge in [-0.25, -0.2) is 4.98 Å². The van der Waals surface area contributed by atoms with Crippen LogP contribution in [0.5, 0.6) is 5.75 Å². The molecule has 0 radical (unpaired) electrons. The van der Waals surface area contributed by atoms with Crippen molar-refractivity contribution in [3.8, 4) is 5.75 Å². The maximum Gasteiger partial charge on any atom is 0.255 e. The predicted molar refractivity (Wildman–Crippen MR) is 56.9 cm³/mol. The molecule has 0 aliphatic carbocycles. The molecule has 5 heteroatoms. The molecule has 2 heterocycles. The second-order valence-corrected chi connectivity index (χ2v) is 3.59. The summed E-state index contributed by atoms with van der Waals surface area (Å²) in [6.45, 7) is 4.63. The molecule has 0 amide bonds. The van der Waals surface area contributed by atoms with Gasteiger partial charge in [0.05, 0.1) is 13.2 Å². The van der Waals surface area contributed by atoms with Crippen molar-refractivity contribution in [3.63, 3.8) is 0 Å². The zero-order valence-corrected chi connectivity index (χ0v) is 9.06. The molecular formula is C11H15FN2O2. The Hall–Kier alpha value is -1.20. The Morgan fingerprint density at radius 1 is 1.44 bits per heavy atom. The van der Waals surface area contributed by atoms with E-state index in [2.05, 4.69) is 9.88 Å². The Labute approximate surface area is 94.0 Å². The fraction of sp³-hybridized carbons (Fsp3) is 0.545. The van der Waals surface area contributed by atoms with Crippen LogP contribution in [0.1, 0.15) is 0 Å². The second-order valence-electron chi connectivity index (χ2n) is 3.59. The van der Waals surface area contributed by atoms with Gasteiger partial charge in [-0.15, -0.1) is 0 Å². The number of hydrogen-bond acceptors (Lipinski definition) is 4. The highest BCUT2D eigenvalue weighted by atomic mass is 19.1. The first-order valence-electron chi connectivity index (χ1n) is 5.39. The van der Waals surface area contributed by atoms with Gasteiger partial charge in [-0.1, -0.05) is 0 Å². The summed E-state index contributed by atoms with van der Waals surface area (Å²) in [6.07, 6.45) is 1.41. The summed E-state index contributed by atoms with van der Waals surface area (Å²) >= 11 is 0. The Morgan fingerprint density at radius 2 is 2.25 bits per heavy atom. The van der Waals surface area contributed by atoms with Crippen molar-refractivity contribution in [1.82, 2.24) is 9.88 Å². The zero-order valence-electron chi connectivity index (χ0n) is 9.06. The van der Waals surface area contributed by atoms with E-state index >= 15 is 0 Å². The van der Waals surface area contributed by atoms with Crippen molar-refractivity contribution >= 4 is 0 Å². The quantitative estimate of drug-likeness (QED) is 0.715. The molecule has 0 aromatic carbocycles. The number of aromatic nitrogens is 1. The van der Waals surface area contributed by atoms with Gasteiger partial charge in [-0.2, -0.15) is 4.39 Å². The number of ether oxygens (including phenoxy) is 2. The van der Waals surface area contributed by atoms with Crippen molar-refractivity contribution in [3.05, 3.63) is 24.3 Å². The first kappa shape index (κ1) is 11.3. The minimum Gasteiger partial charge on any atom is -0.487 e. The molecular weight excluding hydrogens is 211 g/mol. The standard InChI is InChI=1S/C11H15FN2O2/c12-11-10(2-1-3-13-11)16-9-6-14-4-7-15-8-5-14/h1-3H,4-9H2. The van der Waals surface area contributed by atoms with Gasteiger partial charge in [0.25, 0.3) is 5.95 Å². The van der Waals surface area contributed by atoms with E-state index in [1.165, 1.54) is 6.20 Å². The predicted octanol–water partition coefficient (Wildman–Crippen LogP) is 0.932. The van der Waals surface area contributed by atoms with Crippen LogP contribution >= 0.6 is 0 Å². The summed E-state index contributed by atoms with van der Waals surface area (Å²) < 4.78 is 23.6. The fourth-order valence-corrected chi connectivity index (χ4v) is 1.59. The first-order chi connectivity index (χ1) is 7.86. The molecule has 1 aromatic rings. The molecule has 0 unspecified atom stereocenters. The number of hydrogen-bond donors (Lipinski definition) is 0. The van der Waals surface area contributed by atoms with E-state index in [0.717, 1.165) is 32.8 Å². The lowest BCUT2D eigenvalue weighted by Gasteiger charge is -2.26. The van der Waals surface area contributed by atoms with Crippen molar-refractivity contribution in [2.75, 3.05) is 39.5 Å². The molecule has 4 nitrogen and oxygen atoms in total. The van der Waals surface area contributed by atoms with Crippen LogP contribution in [0.25, 0.3) is 0 Å².